The van der Waals surface area contributed by atoms with Crippen molar-refractivity contribution in [3.05, 3.63) is 34.1 Å². The summed E-state index contributed by atoms with van der Waals surface area (Å²) in [5.41, 5.74) is -0.867. The third-order valence-corrected chi connectivity index (χ3v) is 3.65. The van der Waals surface area contributed by atoms with Gasteiger partial charge in [0, 0.05) is 12.7 Å². The molecule has 0 amide bonds. The number of hydrogen-bond acceptors (Lipinski definition) is 2. The predicted octanol–water partition coefficient (Wildman–Crippen LogP) is 2.83. The molecule has 0 saturated heterocycles. The van der Waals surface area contributed by atoms with Gasteiger partial charge in [0.25, 0.3) is 0 Å². The Morgan fingerprint density at radius 1 is 1.56 bits per heavy atom. The molecule has 1 fully saturated rings. The SMILES string of the molecule is COCC(O)(c1cccc(Br)c1F)C1CC1. The molecule has 4 heteroatoms. The van der Waals surface area contributed by atoms with Crippen molar-refractivity contribution in [3.63, 3.8) is 0 Å². The highest BCUT2D eigenvalue weighted by Gasteiger charge is 2.46. The van der Waals surface area contributed by atoms with Gasteiger partial charge in [-0.25, -0.2) is 4.39 Å². The highest BCUT2D eigenvalue weighted by Crippen LogP contribution is 2.47. The molecule has 1 unspecified atom stereocenters. The van der Waals surface area contributed by atoms with E-state index in [2.05, 4.69) is 15.9 Å². The van der Waals surface area contributed by atoms with Crippen LogP contribution in [0.4, 0.5) is 4.39 Å². The van der Waals surface area contributed by atoms with Crippen LogP contribution in [0.3, 0.4) is 0 Å². The van der Waals surface area contributed by atoms with Gasteiger partial charge in [-0.2, -0.15) is 0 Å². The summed E-state index contributed by atoms with van der Waals surface area (Å²) in [6.45, 7) is 0.130. The number of hydrogen-bond donors (Lipinski definition) is 1. The van der Waals surface area contributed by atoms with Gasteiger partial charge in [-0.3, -0.25) is 0 Å². The van der Waals surface area contributed by atoms with Crippen LogP contribution in [-0.2, 0) is 10.3 Å². The number of methoxy groups -OCH3 is 1. The minimum absolute atomic E-state index is 0.108. The Labute approximate surface area is 103 Å². The van der Waals surface area contributed by atoms with E-state index in [1.165, 1.54) is 7.11 Å². The van der Waals surface area contributed by atoms with Crippen molar-refractivity contribution in [2.24, 2.45) is 5.92 Å². The first-order chi connectivity index (χ1) is 7.59. The lowest BCUT2D eigenvalue weighted by molar-refractivity contribution is -0.0556. The molecule has 1 aromatic carbocycles. The summed E-state index contributed by atoms with van der Waals surface area (Å²) in [6.07, 6.45) is 1.84. The molecule has 0 aromatic heterocycles. The third kappa shape index (κ3) is 2.01. The summed E-state index contributed by atoms with van der Waals surface area (Å²) >= 11 is 3.13. The van der Waals surface area contributed by atoms with Crippen molar-refractivity contribution in [2.75, 3.05) is 13.7 Å². The summed E-state index contributed by atoms with van der Waals surface area (Å²) in [5.74, 6) is -0.287. The first-order valence-electron chi connectivity index (χ1n) is 5.25. The van der Waals surface area contributed by atoms with Gasteiger partial charge in [0.1, 0.15) is 11.4 Å². The molecule has 1 atom stereocenters. The fraction of sp³-hybridized carbons (Fsp3) is 0.500. The maximum atomic E-state index is 13.9. The monoisotopic (exact) mass is 288 g/mol. The average Bonchev–Trinajstić information content (AvgIpc) is 3.06. The van der Waals surface area contributed by atoms with Crippen LogP contribution in [-0.4, -0.2) is 18.8 Å². The lowest BCUT2D eigenvalue weighted by atomic mass is 9.89. The van der Waals surface area contributed by atoms with E-state index < -0.39 is 11.4 Å². The maximum absolute atomic E-state index is 13.9. The van der Waals surface area contributed by atoms with Gasteiger partial charge in [0.05, 0.1) is 11.1 Å². The van der Waals surface area contributed by atoms with Crippen LogP contribution in [0, 0.1) is 11.7 Å². The summed E-state index contributed by atoms with van der Waals surface area (Å²) in [4.78, 5) is 0. The van der Waals surface area contributed by atoms with E-state index >= 15 is 0 Å². The van der Waals surface area contributed by atoms with Gasteiger partial charge in [-0.15, -0.1) is 0 Å². The van der Waals surface area contributed by atoms with E-state index in [9.17, 15) is 9.50 Å². The Bertz CT molecular complexity index is 393. The molecule has 2 nitrogen and oxygen atoms in total. The molecule has 0 heterocycles. The lowest BCUT2D eigenvalue weighted by Crippen LogP contribution is -2.34. The van der Waals surface area contributed by atoms with Crippen LogP contribution >= 0.6 is 15.9 Å². The standard InChI is InChI=1S/C12H14BrFO2/c1-16-7-12(15,8-5-6-8)9-3-2-4-10(13)11(9)14/h2-4,8,15H,5-7H2,1H3. The van der Waals surface area contributed by atoms with Crippen LogP contribution < -0.4 is 0 Å². The Balaban J connectivity index is 2.42. The van der Waals surface area contributed by atoms with Gasteiger partial charge >= 0.3 is 0 Å². The lowest BCUT2D eigenvalue weighted by Gasteiger charge is -2.28. The quantitative estimate of drug-likeness (QED) is 0.923. The number of ether oxygens (including phenoxy) is 1. The zero-order valence-electron chi connectivity index (χ0n) is 9.04. The smallest absolute Gasteiger partial charge is 0.143 e. The predicted molar refractivity (Wildman–Crippen MR) is 62.6 cm³/mol. The molecular weight excluding hydrogens is 275 g/mol. The molecule has 88 valence electrons. The third-order valence-electron chi connectivity index (χ3n) is 3.04. The van der Waals surface area contributed by atoms with Crippen molar-refractivity contribution in [3.8, 4) is 0 Å². The average molecular weight is 289 g/mol. The van der Waals surface area contributed by atoms with Gasteiger partial charge in [0.2, 0.25) is 0 Å². The molecule has 0 radical (unpaired) electrons. The Kier molecular flexibility index (Phi) is 3.33. The molecule has 2 rings (SSSR count). The fourth-order valence-corrected chi connectivity index (χ4v) is 2.40. The fourth-order valence-electron chi connectivity index (χ4n) is 2.03. The van der Waals surface area contributed by atoms with Crippen LogP contribution in [0.1, 0.15) is 18.4 Å². The Morgan fingerprint density at radius 2 is 2.25 bits per heavy atom. The summed E-state index contributed by atoms with van der Waals surface area (Å²) in [7, 11) is 1.52. The molecular formula is C12H14BrFO2. The van der Waals surface area contributed by atoms with E-state index in [1.807, 2.05) is 0 Å². The van der Waals surface area contributed by atoms with E-state index in [0.717, 1.165) is 12.8 Å². The highest BCUT2D eigenvalue weighted by molar-refractivity contribution is 9.10. The highest BCUT2D eigenvalue weighted by atomic mass is 79.9. The molecule has 0 aliphatic heterocycles. The molecule has 1 aliphatic rings. The maximum Gasteiger partial charge on any atom is 0.143 e. The first kappa shape index (κ1) is 12.0. The van der Waals surface area contributed by atoms with Gasteiger partial charge in [-0.05, 0) is 40.8 Å². The molecule has 16 heavy (non-hydrogen) atoms. The summed E-state index contributed by atoms with van der Waals surface area (Å²) < 4.78 is 19.3. The zero-order valence-corrected chi connectivity index (χ0v) is 10.6. The number of benzene rings is 1. The van der Waals surface area contributed by atoms with Gasteiger partial charge in [0.15, 0.2) is 0 Å². The second kappa shape index (κ2) is 4.43. The molecule has 0 bridgehead atoms. The molecule has 1 aromatic rings. The van der Waals surface area contributed by atoms with Gasteiger partial charge in [-0.1, -0.05) is 12.1 Å². The zero-order chi connectivity index (χ0) is 11.8. The summed E-state index contributed by atoms with van der Waals surface area (Å²) in [6, 6.07) is 4.97. The Morgan fingerprint density at radius 3 is 2.81 bits per heavy atom. The molecule has 1 aliphatic carbocycles. The second-order valence-electron chi connectivity index (χ2n) is 4.23. The van der Waals surface area contributed by atoms with E-state index in [4.69, 9.17) is 4.74 Å². The largest absolute Gasteiger partial charge is 0.382 e. The number of halogens is 2. The second-order valence-corrected chi connectivity index (χ2v) is 5.09. The van der Waals surface area contributed by atoms with Crippen molar-refractivity contribution < 1.29 is 14.2 Å². The Hall–Kier alpha value is -0.450. The van der Waals surface area contributed by atoms with E-state index in [-0.39, 0.29) is 12.5 Å². The minimum Gasteiger partial charge on any atom is -0.382 e. The molecule has 1 saturated carbocycles. The van der Waals surface area contributed by atoms with Crippen LogP contribution in [0.25, 0.3) is 0 Å². The van der Waals surface area contributed by atoms with Crippen molar-refractivity contribution in [2.45, 2.75) is 18.4 Å². The van der Waals surface area contributed by atoms with Crippen molar-refractivity contribution >= 4 is 15.9 Å². The van der Waals surface area contributed by atoms with Gasteiger partial charge < -0.3 is 9.84 Å². The van der Waals surface area contributed by atoms with Crippen molar-refractivity contribution in [1.82, 2.24) is 0 Å². The van der Waals surface area contributed by atoms with Crippen LogP contribution in [0.2, 0.25) is 0 Å². The first-order valence-corrected chi connectivity index (χ1v) is 6.04. The molecule has 1 N–H and O–H groups in total. The van der Waals surface area contributed by atoms with Crippen molar-refractivity contribution in [1.29, 1.82) is 0 Å². The van der Waals surface area contributed by atoms with Crippen LogP contribution in [0.5, 0.6) is 0 Å². The molecule has 0 spiro atoms. The normalized spacial score (nSPS) is 19.5. The topological polar surface area (TPSA) is 29.5 Å². The number of aliphatic hydroxyl groups is 1. The summed E-state index contributed by atoms with van der Waals surface area (Å²) in [5, 5.41) is 10.5. The van der Waals surface area contributed by atoms with E-state index in [1.54, 1.807) is 18.2 Å². The van der Waals surface area contributed by atoms with E-state index in [0.29, 0.717) is 10.0 Å². The number of rotatable bonds is 4. The van der Waals surface area contributed by atoms with Crippen LogP contribution in [0.15, 0.2) is 22.7 Å². The minimum atomic E-state index is -1.19.